The number of fused-ring (bicyclic) bond motifs is 6. The van der Waals surface area contributed by atoms with Gasteiger partial charge in [-0.2, -0.15) is 0 Å². The number of para-hydroxylation sites is 2. The molecule has 0 aliphatic rings. The van der Waals surface area contributed by atoms with E-state index in [-0.39, 0.29) is 10.8 Å². The molecular weight excluding hydrogens is 779 g/mol. The predicted octanol–water partition coefficient (Wildman–Crippen LogP) is 15.3. The van der Waals surface area contributed by atoms with E-state index in [4.69, 9.17) is 15.0 Å². The number of nitrogens with zero attached hydrogens (tertiary/aromatic N) is 5. The van der Waals surface area contributed by atoms with Crippen LogP contribution in [0.15, 0.2) is 188 Å². The molecule has 0 saturated carbocycles. The predicted molar refractivity (Wildman–Crippen MR) is 268 cm³/mol. The first-order chi connectivity index (χ1) is 31.0. The lowest BCUT2D eigenvalue weighted by atomic mass is 9.85. The number of hydrogen-bond acceptors (Lipinski definition) is 3. The third-order valence-corrected chi connectivity index (χ3v) is 12.7. The topological polar surface area (TPSA) is 48.5 Å². The van der Waals surface area contributed by atoms with Gasteiger partial charge in [-0.1, -0.05) is 181 Å². The zero-order valence-electron chi connectivity index (χ0n) is 37.1. The van der Waals surface area contributed by atoms with Crippen LogP contribution < -0.4 is 0 Å². The van der Waals surface area contributed by atoms with Gasteiger partial charge in [0.1, 0.15) is 0 Å². The highest BCUT2D eigenvalue weighted by Gasteiger charge is 2.29. The summed E-state index contributed by atoms with van der Waals surface area (Å²) in [6, 6.07) is 67.4. The van der Waals surface area contributed by atoms with Crippen molar-refractivity contribution in [3.63, 3.8) is 0 Å². The highest BCUT2D eigenvalue weighted by atomic mass is 15.1. The largest absolute Gasteiger partial charge is 0.309 e. The van der Waals surface area contributed by atoms with Gasteiger partial charge >= 0.3 is 0 Å². The Bertz CT molecular complexity index is 3410. The highest BCUT2D eigenvalue weighted by Crippen LogP contribution is 2.49. The Balaban J connectivity index is 1.39. The molecule has 11 aromatic rings. The van der Waals surface area contributed by atoms with Crippen LogP contribution in [-0.4, -0.2) is 24.1 Å². The maximum Gasteiger partial charge on any atom is 0.166 e. The zero-order valence-corrected chi connectivity index (χ0v) is 37.1. The molecule has 8 aromatic carbocycles. The lowest BCUT2D eigenvalue weighted by molar-refractivity contribution is 0.590. The molecule has 0 radical (unpaired) electrons. The Morgan fingerprint density at radius 3 is 1.30 bits per heavy atom. The zero-order chi connectivity index (χ0) is 43.7. The molecule has 3 aromatic heterocycles. The molecule has 0 N–H and O–H groups in total. The summed E-state index contributed by atoms with van der Waals surface area (Å²) in [5, 5.41) is 4.73. The fourth-order valence-electron chi connectivity index (χ4n) is 9.40. The van der Waals surface area contributed by atoms with E-state index in [9.17, 15) is 0 Å². The van der Waals surface area contributed by atoms with E-state index in [0.29, 0.717) is 17.5 Å². The summed E-state index contributed by atoms with van der Waals surface area (Å²) in [7, 11) is 0. The van der Waals surface area contributed by atoms with Gasteiger partial charge in [0, 0.05) is 43.9 Å². The average Bonchev–Trinajstić information content (AvgIpc) is 3.83. The molecule has 5 heteroatoms. The van der Waals surface area contributed by atoms with Gasteiger partial charge in [0.2, 0.25) is 0 Å². The van der Waals surface area contributed by atoms with Crippen molar-refractivity contribution >= 4 is 43.6 Å². The van der Waals surface area contributed by atoms with Crippen LogP contribution in [0, 0.1) is 0 Å². The molecule has 310 valence electrons. The molecule has 0 aliphatic heterocycles. The molecule has 5 nitrogen and oxygen atoms in total. The van der Waals surface area contributed by atoms with Crippen molar-refractivity contribution < 1.29 is 0 Å². The first-order valence-electron chi connectivity index (χ1n) is 22.2. The van der Waals surface area contributed by atoms with Crippen molar-refractivity contribution in [1.29, 1.82) is 0 Å². The molecular formula is C59H49N5. The number of aromatic nitrogens is 5. The number of benzene rings is 8. The van der Waals surface area contributed by atoms with Crippen molar-refractivity contribution in [3.8, 4) is 56.7 Å². The molecule has 0 saturated heterocycles. The molecule has 0 spiro atoms. The van der Waals surface area contributed by atoms with Crippen LogP contribution in [0.4, 0.5) is 0 Å². The van der Waals surface area contributed by atoms with Gasteiger partial charge in [-0.25, -0.2) is 15.0 Å². The van der Waals surface area contributed by atoms with Crippen LogP contribution in [0.5, 0.6) is 0 Å². The van der Waals surface area contributed by atoms with E-state index in [0.717, 1.165) is 72.0 Å². The molecule has 64 heavy (non-hydrogen) atoms. The maximum absolute atomic E-state index is 5.52. The fourth-order valence-corrected chi connectivity index (χ4v) is 9.40. The fraction of sp³-hybridized carbons (Fsp3) is 0.136. The average molecular weight is 828 g/mol. The summed E-state index contributed by atoms with van der Waals surface area (Å²) < 4.78 is 4.90. The summed E-state index contributed by atoms with van der Waals surface area (Å²) in [6.07, 6.45) is 0. The van der Waals surface area contributed by atoms with Crippen LogP contribution >= 0.6 is 0 Å². The molecule has 0 unspecified atom stereocenters. The first-order valence-corrected chi connectivity index (χ1v) is 22.2. The lowest BCUT2D eigenvalue weighted by Gasteiger charge is -2.21. The van der Waals surface area contributed by atoms with Crippen molar-refractivity contribution in [2.45, 2.75) is 52.4 Å². The summed E-state index contributed by atoms with van der Waals surface area (Å²) in [5.41, 5.74) is 14.0. The molecule has 0 aliphatic carbocycles. The Labute approximate surface area is 374 Å². The smallest absolute Gasteiger partial charge is 0.166 e. The summed E-state index contributed by atoms with van der Waals surface area (Å²) in [4.78, 5) is 16.2. The lowest BCUT2D eigenvalue weighted by Crippen LogP contribution is -2.10. The quantitative estimate of drug-likeness (QED) is 0.168. The van der Waals surface area contributed by atoms with Crippen LogP contribution in [0.1, 0.15) is 52.7 Å². The van der Waals surface area contributed by atoms with E-state index in [2.05, 4.69) is 202 Å². The van der Waals surface area contributed by atoms with Gasteiger partial charge in [-0.3, -0.25) is 0 Å². The summed E-state index contributed by atoms with van der Waals surface area (Å²) >= 11 is 0. The Hall–Kier alpha value is -7.63. The van der Waals surface area contributed by atoms with E-state index in [1.165, 1.54) is 21.9 Å². The summed E-state index contributed by atoms with van der Waals surface area (Å²) in [6.45, 7) is 13.8. The minimum absolute atomic E-state index is 0.0437. The molecule has 0 bridgehead atoms. The number of hydrogen-bond donors (Lipinski definition) is 0. The van der Waals surface area contributed by atoms with Gasteiger partial charge in [0.05, 0.1) is 33.3 Å². The minimum atomic E-state index is -0.0437. The van der Waals surface area contributed by atoms with E-state index in [1.54, 1.807) is 0 Å². The van der Waals surface area contributed by atoms with Crippen LogP contribution in [-0.2, 0) is 10.8 Å². The minimum Gasteiger partial charge on any atom is -0.309 e. The van der Waals surface area contributed by atoms with Gasteiger partial charge < -0.3 is 9.13 Å². The van der Waals surface area contributed by atoms with Gasteiger partial charge in [0.15, 0.2) is 17.5 Å². The standard InChI is InChI=1S/C59H49N5/c1-58(2,3)41-31-33-48-45(35-41)46-36-42(59(4,5)6)32-34-49(46)64(48)51-37-50-53(44-29-19-20-30-47(44)63(50)43-27-17-10-18-28-43)52(38-21-11-7-12-22-38)54(51)57-61-55(39-23-13-8-14-24-39)60-56(62-57)40-25-15-9-16-26-40/h7-37H,1-6H3. The van der Waals surface area contributed by atoms with Gasteiger partial charge in [-0.05, 0) is 76.1 Å². The third-order valence-electron chi connectivity index (χ3n) is 12.7. The van der Waals surface area contributed by atoms with Crippen molar-refractivity contribution in [2.75, 3.05) is 0 Å². The highest BCUT2D eigenvalue weighted by molar-refractivity contribution is 6.21. The second kappa shape index (κ2) is 15.0. The SMILES string of the molecule is CC(C)(C)c1ccc2c(c1)c1cc(C(C)(C)C)ccc1n2-c1cc2c(c(-c3ccccc3)c1-c1nc(-c3ccccc3)nc(-c3ccccc3)n1)c1ccccc1n2-c1ccccc1. The van der Waals surface area contributed by atoms with Crippen LogP contribution in [0.3, 0.4) is 0 Å². The maximum atomic E-state index is 5.52. The number of rotatable bonds is 6. The van der Waals surface area contributed by atoms with Gasteiger partial charge in [-0.15, -0.1) is 0 Å². The van der Waals surface area contributed by atoms with E-state index >= 15 is 0 Å². The molecule has 3 heterocycles. The van der Waals surface area contributed by atoms with E-state index < -0.39 is 0 Å². The molecule has 11 rings (SSSR count). The Morgan fingerprint density at radius 2 is 0.781 bits per heavy atom. The van der Waals surface area contributed by atoms with E-state index in [1.807, 2.05) is 36.4 Å². The normalized spacial score (nSPS) is 12.2. The molecule has 0 amide bonds. The third kappa shape index (κ3) is 6.58. The molecule has 0 atom stereocenters. The second-order valence-electron chi connectivity index (χ2n) is 18.9. The van der Waals surface area contributed by atoms with Gasteiger partial charge in [0.25, 0.3) is 0 Å². The van der Waals surface area contributed by atoms with Crippen LogP contribution in [0.25, 0.3) is 100 Å². The monoisotopic (exact) mass is 827 g/mol. The Kier molecular flexibility index (Phi) is 9.21. The van der Waals surface area contributed by atoms with Crippen molar-refractivity contribution in [3.05, 3.63) is 199 Å². The van der Waals surface area contributed by atoms with Crippen LogP contribution in [0.2, 0.25) is 0 Å². The first kappa shape index (κ1) is 39.2. The summed E-state index contributed by atoms with van der Waals surface area (Å²) in [5.74, 6) is 1.84. The van der Waals surface area contributed by atoms with Crippen molar-refractivity contribution in [1.82, 2.24) is 24.1 Å². The van der Waals surface area contributed by atoms with Crippen molar-refractivity contribution in [2.24, 2.45) is 0 Å². The molecule has 0 fully saturated rings. The Morgan fingerprint density at radius 1 is 0.344 bits per heavy atom. The second-order valence-corrected chi connectivity index (χ2v) is 18.9.